The number of amides is 1. The van der Waals surface area contributed by atoms with Crippen molar-refractivity contribution >= 4 is 16.0 Å². The summed E-state index contributed by atoms with van der Waals surface area (Å²) < 4.78 is 30.7. The molecule has 4 rings (SSSR count). The monoisotopic (exact) mass is 585 g/mol. The van der Waals surface area contributed by atoms with E-state index in [1.807, 2.05) is 13.0 Å². The van der Waals surface area contributed by atoms with E-state index in [1.54, 1.807) is 6.92 Å². The standard InChI is InChI=1S/C30H51NO8S/c1-17(19(3)27(35)31-12-13-40(37,38)39)6-7-18(2)23-15-24(33)26-21-14-25(34)30(36)16-20(32)8-11-29(30,5)22(21)9-10-28(23,26)4/h6-7,17-26,32-34,36H,8-16H2,1-5H3,(H,31,35)(H,37,38,39)/b7-6+/t17-,18-,19+,20+,21?,22?,23-,24?,25-,26?,28-,29-,30+/m1/s1. The third kappa shape index (κ3) is 5.53. The van der Waals surface area contributed by atoms with Crippen LogP contribution in [0.25, 0.3) is 0 Å². The summed E-state index contributed by atoms with van der Waals surface area (Å²) in [6.45, 7) is 10.1. The van der Waals surface area contributed by atoms with Crippen LogP contribution in [0.15, 0.2) is 12.2 Å². The molecule has 6 N–H and O–H groups in total. The van der Waals surface area contributed by atoms with Gasteiger partial charge in [0.25, 0.3) is 10.1 Å². The minimum atomic E-state index is -4.13. The number of allylic oxidation sites excluding steroid dienone is 2. The molecule has 0 radical (unpaired) electrons. The highest BCUT2D eigenvalue weighted by Crippen LogP contribution is 2.69. The van der Waals surface area contributed by atoms with Crippen LogP contribution in [0.4, 0.5) is 0 Å². The van der Waals surface area contributed by atoms with Gasteiger partial charge in [0.2, 0.25) is 5.91 Å². The van der Waals surface area contributed by atoms with Crippen molar-refractivity contribution in [2.24, 2.45) is 52.3 Å². The Balaban J connectivity index is 1.45. The van der Waals surface area contributed by atoms with Crippen molar-refractivity contribution in [1.82, 2.24) is 5.32 Å². The third-order valence-corrected chi connectivity index (χ3v) is 12.8. The Kier molecular flexibility index (Phi) is 8.95. The number of hydrogen-bond acceptors (Lipinski definition) is 7. The summed E-state index contributed by atoms with van der Waals surface area (Å²) in [7, 11) is -4.13. The number of rotatable bonds is 8. The number of carbonyl (C=O) groups is 1. The van der Waals surface area contributed by atoms with Crippen LogP contribution in [-0.4, -0.2) is 75.5 Å². The third-order valence-electron chi connectivity index (χ3n) is 12.1. The normalized spacial score (nSPS) is 45.7. The Morgan fingerprint density at radius 2 is 1.73 bits per heavy atom. The topological polar surface area (TPSA) is 164 Å². The second kappa shape index (κ2) is 11.2. The first-order valence-electron chi connectivity index (χ1n) is 15.1. The molecule has 4 aliphatic rings. The van der Waals surface area contributed by atoms with Crippen LogP contribution >= 0.6 is 0 Å². The van der Waals surface area contributed by atoms with Crippen LogP contribution < -0.4 is 5.32 Å². The largest absolute Gasteiger partial charge is 0.393 e. The van der Waals surface area contributed by atoms with E-state index >= 15 is 0 Å². The van der Waals surface area contributed by atoms with Crippen molar-refractivity contribution in [3.05, 3.63) is 12.2 Å². The van der Waals surface area contributed by atoms with Crippen molar-refractivity contribution < 1.29 is 38.2 Å². The van der Waals surface area contributed by atoms with Gasteiger partial charge >= 0.3 is 0 Å². The highest BCUT2D eigenvalue weighted by molar-refractivity contribution is 7.85. The minimum absolute atomic E-state index is 0.0277. The molecule has 1 amide bonds. The minimum Gasteiger partial charge on any atom is -0.393 e. The van der Waals surface area contributed by atoms with Gasteiger partial charge in [0, 0.05) is 24.3 Å². The molecule has 4 fully saturated rings. The molecule has 230 valence electrons. The van der Waals surface area contributed by atoms with Crippen molar-refractivity contribution in [2.45, 2.75) is 103 Å². The number of aliphatic hydroxyl groups excluding tert-OH is 3. The average molecular weight is 586 g/mol. The quantitative estimate of drug-likeness (QED) is 0.187. The van der Waals surface area contributed by atoms with Gasteiger partial charge in [0.1, 0.15) is 0 Å². The van der Waals surface area contributed by atoms with Gasteiger partial charge < -0.3 is 25.7 Å². The highest BCUT2D eigenvalue weighted by Gasteiger charge is 2.68. The summed E-state index contributed by atoms with van der Waals surface area (Å²) in [6, 6.07) is 0. The SMILES string of the molecule is C[C@H](/C=C/[C@@H](C)[C@H]1CC(O)C2C3C[C@@H](O)[C@@]4(O)C[C@@H](O)CC[C@]4(C)C3CC[C@@]21C)[C@H](C)C(=O)NCCS(=O)(=O)O. The molecular formula is C30H51NO8S. The fourth-order valence-corrected chi connectivity index (χ4v) is 9.90. The zero-order valence-electron chi connectivity index (χ0n) is 24.7. The Hall–Kier alpha value is -1.04. The lowest BCUT2D eigenvalue weighted by molar-refractivity contribution is -0.268. The smallest absolute Gasteiger partial charge is 0.266 e. The molecule has 4 saturated carbocycles. The average Bonchev–Trinajstić information content (AvgIpc) is 3.13. The van der Waals surface area contributed by atoms with Crippen LogP contribution in [0.5, 0.6) is 0 Å². The van der Waals surface area contributed by atoms with Gasteiger partial charge in [0.15, 0.2) is 0 Å². The van der Waals surface area contributed by atoms with Gasteiger partial charge in [-0.3, -0.25) is 9.35 Å². The van der Waals surface area contributed by atoms with E-state index < -0.39 is 45.2 Å². The molecule has 9 nitrogen and oxygen atoms in total. The van der Waals surface area contributed by atoms with Crippen LogP contribution in [-0.2, 0) is 14.9 Å². The molecule has 0 spiro atoms. The molecular weight excluding hydrogens is 534 g/mol. The van der Waals surface area contributed by atoms with Crippen LogP contribution in [0.1, 0.15) is 79.6 Å². The zero-order chi connectivity index (χ0) is 29.8. The summed E-state index contributed by atoms with van der Waals surface area (Å²) in [6.07, 6.45) is 6.64. The van der Waals surface area contributed by atoms with E-state index in [0.29, 0.717) is 25.7 Å². The number of aliphatic hydroxyl groups is 4. The fraction of sp³-hybridized carbons (Fsp3) is 0.900. The summed E-state index contributed by atoms with van der Waals surface area (Å²) in [5.74, 6) is -0.549. The maximum Gasteiger partial charge on any atom is 0.266 e. The van der Waals surface area contributed by atoms with Crippen LogP contribution in [0.3, 0.4) is 0 Å². The molecule has 0 aromatic rings. The molecule has 40 heavy (non-hydrogen) atoms. The molecule has 0 aromatic heterocycles. The highest BCUT2D eigenvalue weighted by atomic mass is 32.2. The number of hydrogen-bond donors (Lipinski definition) is 6. The fourth-order valence-electron chi connectivity index (χ4n) is 9.54. The van der Waals surface area contributed by atoms with Gasteiger partial charge in [-0.2, -0.15) is 8.42 Å². The maximum absolute atomic E-state index is 12.5. The van der Waals surface area contributed by atoms with Crippen molar-refractivity contribution in [3.63, 3.8) is 0 Å². The Morgan fingerprint density at radius 3 is 2.38 bits per heavy atom. The number of carbonyl (C=O) groups excluding carboxylic acids is 1. The predicted molar refractivity (Wildman–Crippen MR) is 152 cm³/mol. The van der Waals surface area contributed by atoms with Gasteiger partial charge in [-0.05, 0) is 79.4 Å². The summed E-state index contributed by atoms with van der Waals surface area (Å²) >= 11 is 0. The van der Waals surface area contributed by atoms with Gasteiger partial charge in [-0.25, -0.2) is 0 Å². The number of fused-ring (bicyclic) bond motifs is 5. The second-order valence-corrected chi connectivity index (χ2v) is 15.8. The van der Waals surface area contributed by atoms with E-state index in [2.05, 4.69) is 32.2 Å². The first-order valence-corrected chi connectivity index (χ1v) is 16.7. The molecule has 4 aliphatic carbocycles. The van der Waals surface area contributed by atoms with Crippen molar-refractivity contribution in [1.29, 1.82) is 0 Å². The summed E-state index contributed by atoms with van der Waals surface area (Å²) in [5.41, 5.74) is -1.91. The first-order chi connectivity index (χ1) is 18.4. The van der Waals surface area contributed by atoms with E-state index in [4.69, 9.17) is 4.55 Å². The summed E-state index contributed by atoms with van der Waals surface area (Å²) in [4.78, 5) is 12.5. The lowest BCUT2D eigenvalue weighted by Gasteiger charge is -2.65. The zero-order valence-corrected chi connectivity index (χ0v) is 25.5. The van der Waals surface area contributed by atoms with Gasteiger partial charge in [0.05, 0.1) is 29.7 Å². The Labute approximate surface area is 239 Å². The Morgan fingerprint density at radius 1 is 1.05 bits per heavy atom. The predicted octanol–water partition coefficient (Wildman–Crippen LogP) is 2.53. The molecule has 0 bridgehead atoms. The molecule has 10 heteroatoms. The number of nitrogens with one attached hydrogen (secondary N) is 1. The van der Waals surface area contributed by atoms with Gasteiger partial charge in [-0.15, -0.1) is 0 Å². The van der Waals surface area contributed by atoms with Crippen LogP contribution in [0.2, 0.25) is 0 Å². The van der Waals surface area contributed by atoms with Crippen molar-refractivity contribution in [2.75, 3.05) is 12.3 Å². The Bertz CT molecular complexity index is 1080. The van der Waals surface area contributed by atoms with E-state index in [0.717, 1.165) is 12.8 Å². The van der Waals surface area contributed by atoms with E-state index in [9.17, 15) is 33.6 Å². The molecule has 0 heterocycles. The molecule has 0 saturated heterocycles. The van der Waals surface area contributed by atoms with E-state index in [-0.39, 0.29) is 65.7 Å². The second-order valence-electron chi connectivity index (χ2n) is 14.2. The van der Waals surface area contributed by atoms with Crippen molar-refractivity contribution in [3.8, 4) is 0 Å². The molecule has 4 unspecified atom stereocenters. The van der Waals surface area contributed by atoms with Gasteiger partial charge in [-0.1, -0.05) is 46.8 Å². The summed E-state index contributed by atoms with van der Waals surface area (Å²) in [5, 5.41) is 47.3. The van der Waals surface area contributed by atoms with E-state index in [1.165, 1.54) is 0 Å². The maximum atomic E-state index is 12.5. The molecule has 13 atom stereocenters. The van der Waals surface area contributed by atoms with Crippen LogP contribution in [0, 0.1) is 52.3 Å². The lowest BCUT2D eigenvalue weighted by atomic mass is 9.42. The molecule has 0 aromatic carbocycles. The first kappa shape index (κ1) is 31.9. The lowest BCUT2D eigenvalue weighted by Crippen LogP contribution is -2.69. The molecule has 0 aliphatic heterocycles.